The molecule has 0 bridgehead atoms. The molecular weight excluding hydrogens is 480 g/mol. The maximum atomic E-state index is 15.5. The fourth-order valence-corrected chi connectivity index (χ4v) is 10.1. The van der Waals surface area contributed by atoms with Crippen LogP contribution in [0.3, 0.4) is 0 Å². The van der Waals surface area contributed by atoms with Gasteiger partial charge >= 0.3 is 0 Å². The minimum absolute atomic E-state index is 0.00788. The summed E-state index contributed by atoms with van der Waals surface area (Å²) >= 11 is 0. The van der Waals surface area contributed by atoms with E-state index >= 15 is 8.42 Å². The average molecular weight is 531 g/mol. The van der Waals surface area contributed by atoms with E-state index in [2.05, 4.69) is 26.0 Å². The van der Waals surface area contributed by atoms with Crippen LogP contribution in [0.2, 0.25) is 0 Å². The topological polar surface area (TPSA) is 74.6 Å². The molecule has 208 valence electrons. The normalized spacial score (nSPS) is 27.7. The summed E-state index contributed by atoms with van der Waals surface area (Å²) in [7, 11) is -4.11. The second-order valence-corrected chi connectivity index (χ2v) is 14.3. The quantitative estimate of drug-likeness (QED) is 0.195. The molecule has 0 saturated carbocycles. The van der Waals surface area contributed by atoms with Crippen LogP contribution in [-0.4, -0.2) is 28.1 Å². The Kier molecular flexibility index (Phi) is 9.95. The average Bonchev–Trinajstić information content (AvgIpc) is 2.82. The summed E-state index contributed by atoms with van der Waals surface area (Å²) in [5.74, 6) is 0.0158. The highest BCUT2D eigenvalue weighted by molar-refractivity contribution is 7.94. The Morgan fingerprint density at radius 1 is 0.703 bits per heavy atom. The Morgan fingerprint density at radius 2 is 1.05 bits per heavy atom. The van der Waals surface area contributed by atoms with Crippen LogP contribution >= 0.6 is 0 Å². The predicted molar refractivity (Wildman–Crippen MR) is 157 cm³/mol. The van der Waals surface area contributed by atoms with E-state index in [9.17, 15) is 10.2 Å². The molecule has 4 nitrogen and oxygen atoms in total. The lowest BCUT2D eigenvalue weighted by Gasteiger charge is -2.56. The van der Waals surface area contributed by atoms with Gasteiger partial charge in [0.1, 0.15) is 21.0 Å². The van der Waals surface area contributed by atoms with Gasteiger partial charge in [-0.05, 0) is 62.8 Å². The summed E-state index contributed by atoms with van der Waals surface area (Å²) in [4.78, 5) is 0. The summed E-state index contributed by atoms with van der Waals surface area (Å²) in [6, 6.07) is 0. The molecule has 2 rings (SSSR count). The van der Waals surface area contributed by atoms with Crippen LogP contribution < -0.4 is 0 Å². The third kappa shape index (κ3) is 5.17. The van der Waals surface area contributed by atoms with Gasteiger partial charge in [0.2, 0.25) is 0 Å². The molecule has 5 heteroatoms. The van der Waals surface area contributed by atoms with Crippen molar-refractivity contribution in [3.8, 4) is 0 Å². The SMILES string of the molecule is CCCCC=CCC1(S(=O)(=O)C2(CC=CCCCC)C(C)=C(O)C=CC2(C)C)C(C)=C(O)C=CC1(C)C. The summed E-state index contributed by atoms with van der Waals surface area (Å²) in [6.07, 6.45) is 21.5. The van der Waals surface area contributed by atoms with Crippen molar-refractivity contribution in [2.24, 2.45) is 10.8 Å². The van der Waals surface area contributed by atoms with Crippen LogP contribution in [0, 0.1) is 10.8 Å². The molecule has 2 atom stereocenters. The first kappa shape index (κ1) is 31.2. The summed E-state index contributed by atoms with van der Waals surface area (Å²) in [6.45, 7) is 15.6. The molecular formula is C32H50O4S. The van der Waals surface area contributed by atoms with Gasteiger partial charge in [-0.1, -0.05) is 104 Å². The molecule has 2 aliphatic carbocycles. The minimum Gasteiger partial charge on any atom is -0.508 e. The zero-order valence-corrected chi connectivity index (χ0v) is 25.2. The molecule has 0 saturated heterocycles. The van der Waals surface area contributed by atoms with E-state index in [1.165, 1.54) is 0 Å². The van der Waals surface area contributed by atoms with E-state index in [0.717, 1.165) is 38.5 Å². The minimum atomic E-state index is -4.11. The van der Waals surface area contributed by atoms with E-state index in [1.54, 1.807) is 26.0 Å². The van der Waals surface area contributed by atoms with Crippen LogP contribution in [0.4, 0.5) is 0 Å². The smallest absolute Gasteiger partial charge is 0.171 e. The molecule has 0 radical (unpaired) electrons. The van der Waals surface area contributed by atoms with Gasteiger partial charge in [0, 0.05) is 10.8 Å². The van der Waals surface area contributed by atoms with Gasteiger partial charge in [0.25, 0.3) is 0 Å². The molecule has 2 unspecified atom stereocenters. The second kappa shape index (κ2) is 11.8. The third-order valence-electron chi connectivity index (χ3n) is 8.89. The maximum absolute atomic E-state index is 15.5. The van der Waals surface area contributed by atoms with Gasteiger partial charge in [-0.15, -0.1) is 0 Å². The molecule has 2 N–H and O–H groups in total. The van der Waals surface area contributed by atoms with Crippen molar-refractivity contribution in [1.82, 2.24) is 0 Å². The van der Waals surface area contributed by atoms with E-state index in [0.29, 0.717) is 11.1 Å². The molecule has 0 aromatic rings. The Balaban J connectivity index is 2.91. The standard InChI is InChI=1S/C32H50O4S/c1-9-11-13-15-17-21-31(25(3)27(33)19-23-29(31,5)6)37(35,36)32(22-18-16-14-12-10-2)26(4)28(34)20-24-30(32,7)8/h15-20,23-24,33-34H,9-14,21-22H2,1-8H3. The fourth-order valence-electron chi connectivity index (χ4n) is 6.30. The Hall–Kier alpha value is -2.01. The van der Waals surface area contributed by atoms with Crippen LogP contribution in [0.1, 0.15) is 107 Å². The van der Waals surface area contributed by atoms with Crippen molar-refractivity contribution >= 4 is 9.84 Å². The molecule has 0 aromatic heterocycles. The molecule has 2 aliphatic rings. The number of unbranched alkanes of at least 4 members (excludes halogenated alkanes) is 4. The number of aliphatic hydroxyl groups is 2. The molecule has 37 heavy (non-hydrogen) atoms. The van der Waals surface area contributed by atoms with Gasteiger partial charge in [0.05, 0.1) is 0 Å². The number of allylic oxidation sites excluding steroid dienone is 8. The molecule has 0 amide bonds. The Labute approximate surface area is 226 Å². The summed E-state index contributed by atoms with van der Waals surface area (Å²) in [5, 5.41) is 21.9. The van der Waals surface area contributed by atoms with Crippen molar-refractivity contribution in [2.45, 2.75) is 116 Å². The molecule has 0 aromatic carbocycles. The molecule has 0 fully saturated rings. The van der Waals surface area contributed by atoms with Crippen LogP contribution in [-0.2, 0) is 9.84 Å². The van der Waals surface area contributed by atoms with E-state index in [-0.39, 0.29) is 24.4 Å². The number of hydrogen-bond donors (Lipinski definition) is 2. The first-order valence-electron chi connectivity index (χ1n) is 13.9. The monoisotopic (exact) mass is 530 g/mol. The highest BCUT2D eigenvalue weighted by Crippen LogP contribution is 2.61. The van der Waals surface area contributed by atoms with Crippen molar-refractivity contribution in [3.05, 3.63) is 71.3 Å². The first-order chi connectivity index (χ1) is 17.2. The first-order valence-corrected chi connectivity index (χ1v) is 15.4. The largest absolute Gasteiger partial charge is 0.508 e. The molecule has 0 spiro atoms. The summed E-state index contributed by atoms with van der Waals surface area (Å²) < 4.78 is 28.3. The van der Waals surface area contributed by atoms with E-state index in [1.807, 2.05) is 52.0 Å². The lowest BCUT2D eigenvalue weighted by atomic mass is 9.68. The lowest BCUT2D eigenvalue weighted by Crippen LogP contribution is -2.65. The summed E-state index contributed by atoms with van der Waals surface area (Å²) in [5.41, 5.74) is -0.675. The van der Waals surface area contributed by atoms with Gasteiger partial charge in [-0.3, -0.25) is 0 Å². The van der Waals surface area contributed by atoms with Crippen LogP contribution in [0.5, 0.6) is 0 Å². The highest BCUT2D eigenvalue weighted by atomic mass is 32.2. The fraction of sp³-hybridized carbons (Fsp3) is 0.625. The number of rotatable bonds is 12. The number of aliphatic hydroxyl groups excluding tert-OH is 2. The third-order valence-corrected chi connectivity index (χ3v) is 12.7. The van der Waals surface area contributed by atoms with Crippen molar-refractivity contribution in [1.29, 1.82) is 0 Å². The maximum Gasteiger partial charge on any atom is 0.171 e. The highest BCUT2D eigenvalue weighted by Gasteiger charge is 2.68. The predicted octanol–water partition coefficient (Wildman–Crippen LogP) is 9.01. The van der Waals surface area contributed by atoms with E-state index in [4.69, 9.17) is 0 Å². The number of hydrogen-bond acceptors (Lipinski definition) is 4. The van der Waals surface area contributed by atoms with Crippen molar-refractivity contribution in [3.63, 3.8) is 0 Å². The van der Waals surface area contributed by atoms with Gasteiger partial charge in [0.15, 0.2) is 9.84 Å². The van der Waals surface area contributed by atoms with Crippen LogP contribution in [0.15, 0.2) is 71.3 Å². The zero-order chi connectivity index (χ0) is 28.1. The molecule has 0 aliphatic heterocycles. The lowest BCUT2D eigenvalue weighted by molar-refractivity contribution is 0.274. The Morgan fingerprint density at radius 3 is 1.38 bits per heavy atom. The molecule has 0 heterocycles. The number of sulfone groups is 1. The van der Waals surface area contributed by atoms with Crippen LogP contribution in [0.25, 0.3) is 0 Å². The van der Waals surface area contributed by atoms with Gasteiger partial charge < -0.3 is 10.2 Å². The van der Waals surface area contributed by atoms with Gasteiger partial charge in [-0.25, -0.2) is 8.42 Å². The zero-order valence-electron chi connectivity index (χ0n) is 24.4. The van der Waals surface area contributed by atoms with E-state index < -0.39 is 30.2 Å². The Bertz CT molecular complexity index is 1030. The second-order valence-electron chi connectivity index (χ2n) is 11.9. The van der Waals surface area contributed by atoms with Gasteiger partial charge in [-0.2, -0.15) is 0 Å². The van der Waals surface area contributed by atoms with Crippen molar-refractivity contribution < 1.29 is 18.6 Å². The van der Waals surface area contributed by atoms with Crippen molar-refractivity contribution in [2.75, 3.05) is 0 Å².